The predicted octanol–water partition coefficient (Wildman–Crippen LogP) is 3.47. The maximum atomic E-state index is 5.86. The van der Waals surface area contributed by atoms with Gasteiger partial charge in [0.05, 0.1) is 11.2 Å². The molecule has 20 heavy (non-hydrogen) atoms. The van der Waals surface area contributed by atoms with Crippen LogP contribution in [0, 0.1) is 6.92 Å². The molecule has 0 unspecified atom stereocenters. The van der Waals surface area contributed by atoms with Crippen LogP contribution in [0.3, 0.4) is 0 Å². The highest BCUT2D eigenvalue weighted by molar-refractivity contribution is 6.30. The molecule has 106 valence electrons. The van der Waals surface area contributed by atoms with Gasteiger partial charge in [0.1, 0.15) is 23.9 Å². The van der Waals surface area contributed by atoms with Crippen LogP contribution in [0.15, 0.2) is 28.9 Å². The van der Waals surface area contributed by atoms with Crippen LogP contribution in [0.4, 0.5) is 0 Å². The summed E-state index contributed by atoms with van der Waals surface area (Å²) in [6, 6.07) is 4.48. The minimum absolute atomic E-state index is 0.381. The molecule has 3 rings (SSSR count). The number of ether oxygens (including phenoxy) is 1. The number of pyridine rings is 1. The lowest BCUT2D eigenvalue weighted by atomic mass is 10.2. The van der Waals surface area contributed by atoms with Gasteiger partial charge in [-0.25, -0.2) is 0 Å². The fourth-order valence-corrected chi connectivity index (χ4v) is 2.17. The van der Waals surface area contributed by atoms with Gasteiger partial charge in [0.25, 0.3) is 0 Å². The summed E-state index contributed by atoms with van der Waals surface area (Å²) >= 11 is 5.86. The zero-order valence-corrected chi connectivity index (χ0v) is 12.1. The van der Waals surface area contributed by atoms with Crippen LogP contribution in [-0.2, 0) is 13.2 Å². The Morgan fingerprint density at radius 3 is 3.00 bits per heavy atom. The molecule has 0 saturated heterocycles. The minimum atomic E-state index is 0.381. The molecule has 1 aliphatic carbocycles. The Hall–Kier alpha value is -1.52. The summed E-state index contributed by atoms with van der Waals surface area (Å²) in [5.74, 6) is 2.40. The molecular formula is C15H17ClN2O2. The average molecular weight is 293 g/mol. The highest BCUT2D eigenvalue weighted by atomic mass is 35.5. The third-order valence-electron chi connectivity index (χ3n) is 3.29. The maximum Gasteiger partial charge on any atom is 0.146 e. The van der Waals surface area contributed by atoms with Crippen LogP contribution in [-0.4, -0.2) is 11.0 Å². The van der Waals surface area contributed by atoms with Crippen molar-refractivity contribution in [3.63, 3.8) is 0 Å². The zero-order valence-electron chi connectivity index (χ0n) is 11.4. The fraction of sp³-hybridized carbons (Fsp3) is 0.400. The number of furan rings is 1. The van der Waals surface area contributed by atoms with Gasteiger partial charge in [-0.2, -0.15) is 0 Å². The first-order valence-corrected chi connectivity index (χ1v) is 7.13. The van der Waals surface area contributed by atoms with E-state index in [4.69, 9.17) is 20.8 Å². The van der Waals surface area contributed by atoms with E-state index in [0.29, 0.717) is 23.4 Å². The van der Waals surface area contributed by atoms with E-state index in [9.17, 15) is 0 Å². The fourth-order valence-electron chi connectivity index (χ4n) is 2.00. The smallest absolute Gasteiger partial charge is 0.146 e. The van der Waals surface area contributed by atoms with Gasteiger partial charge in [0.15, 0.2) is 0 Å². The molecule has 1 aliphatic rings. The topological polar surface area (TPSA) is 47.3 Å². The largest absolute Gasteiger partial charge is 0.484 e. The van der Waals surface area contributed by atoms with Gasteiger partial charge in [0.2, 0.25) is 0 Å². The number of nitrogens with zero attached hydrogens (tertiary/aromatic N) is 1. The Morgan fingerprint density at radius 2 is 2.25 bits per heavy atom. The van der Waals surface area contributed by atoms with Crippen LogP contribution in [0.25, 0.3) is 0 Å². The molecule has 1 N–H and O–H groups in total. The number of aromatic nitrogens is 1. The summed E-state index contributed by atoms with van der Waals surface area (Å²) in [6.45, 7) is 3.22. The number of halogens is 1. The van der Waals surface area contributed by atoms with Gasteiger partial charge in [-0.3, -0.25) is 4.98 Å². The normalized spacial score (nSPS) is 14.5. The number of hydrogen-bond acceptors (Lipinski definition) is 4. The average Bonchev–Trinajstić information content (AvgIpc) is 3.18. The molecule has 5 heteroatoms. The number of nitrogens with one attached hydrogen (secondary N) is 1. The van der Waals surface area contributed by atoms with Crippen molar-refractivity contribution in [1.82, 2.24) is 10.3 Å². The number of hydrogen-bond donors (Lipinski definition) is 1. The molecule has 1 saturated carbocycles. The summed E-state index contributed by atoms with van der Waals surface area (Å²) < 4.78 is 11.3. The van der Waals surface area contributed by atoms with Gasteiger partial charge in [-0.15, -0.1) is 0 Å². The standard InChI is InChI=1S/C15H17ClN2O2/c1-10-11(6-18-13-2-3-13)4-15(20-10)9-19-14-5-12(16)7-17-8-14/h4-5,7-8,13,18H,2-3,6,9H2,1H3. The van der Waals surface area contributed by atoms with E-state index in [1.807, 2.05) is 13.0 Å². The second-order valence-electron chi connectivity index (χ2n) is 5.08. The van der Waals surface area contributed by atoms with Crippen molar-refractivity contribution in [1.29, 1.82) is 0 Å². The van der Waals surface area contributed by atoms with Crippen molar-refractivity contribution in [2.24, 2.45) is 0 Å². The van der Waals surface area contributed by atoms with Gasteiger partial charge in [-0.1, -0.05) is 11.6 Å². The molecule has 0 bridgehead atoms. The third kappa shape index (κ3) is 3.52. The number of aryl methyl sites for hydroxylation is 1. The first-order chi connectivity index (χ1) is 9.70. The highest BCUT2D eigenvalue weighted by Crippen LogP contribution is 2.22. The van der Waals surface area contributed by atoms with Crippen LogP contribution in [0.5, 0.6) is 5.75 Å². The SMILES string of the molecule is Cc1oc(COc2cncc(Cl)c2)cc1CNC1CC1. The molecule has 2 heterocycles. The van der Waals surface area contributed by atoms with Gasteiger partial charge >= 0.3 is 0 Å². The van der Waals surface area contributed by atoms with Crippen molar-refractivity contribution in [2.75, 3.05) is 0 Å². The van der Waals surface area contributed by atoms with E-state index in [-0.39, 0.29) is 0 Å². The molecule has 0 aromatic carbocycles. The lowest BCUT2D eigenvalue weighted by Crippen LogP contribution is -2.15. The predicted molar refractivity (Wildman–Crippen MR) is 76.9 cm³/mol. The molecule has 0 atom stereocenters. The van der Waals surface area contributed by atoms with Gasteiger partial charge in [0, 0.05) is 30.4 Å². The molecule has 0 amide bonds. The lowest BCUT2D eigenvalue weighted by molar-refractivity contribution is 0.266. The molecule has 0 aliphatic heterocycles. The number of rotatable bonds is 6. The Bertz CT molecular complexity index is 593. The second-order valence-corrected chi connectivity index (χ2v) is 5.51. The van der Waals surface area contributed by atoms with Crippen molar-refractivity contribution in [3.05, 3.63) is 46.6 Å². The summed E-state index contributed by atoms with van der Waals surface area (Å²) in [6.07, 6.45) is 5.79. The van der Waals surface area contributed by atoms with Crippen LogP contribution in [0.1, 0.15) is 29.9 Å². The van der Waals surface area contributed by atoms with E-state index in [2.05, 4.69) is 10.3 Å². The molecule has 2 aromatic rings. The Morgan fingerprint density at radius 1 is 1.40 bits per heavy atom. The second kappa shape index (κ2) is 5.85. The quantitative estimate of drug-likeness (QED) is 0.885. The van der Waals surface area contributed by atoms with E-state index in [1.165, 1.54) is 18.4 Å². The summed E-state index contributed by atoms with van der Waals surface area (Å²) in [5, 5.41) is 4.04. The Labute approximate surface area is 123 Å². The van der Waals surface area contributed by atoms with E-state index in [0.717, 1.165) is 18.1 Å². The Balaban J connectivity index is 1.58. The highest BCUT2D eigenvalue weighted by Gasteiger charge is 2.20. The van der Waals surface area contributed by atoms with Crippen LogP contribution in [0.2, 0.25) is 5.02 Å². The summed E-state index contributed by atoms with van der Waals surface area (Å²) in [4.78, 5) is 3.98. The molecule has 1 fully saturated rings. The molecular weight excluding hydrogens is 276 g/mol. The van der Waals surface area contributed by atoms with Gasteiger partial charge in [-0.05, 0) is 25.8 Å². The lowest BCUT2D eigenvalue weighted by Gasteiger charge is -2.03. The van der Waals surface area contributed by atoms with Crippen molar-refractivity contribution < 1.29 is 9.15 Å². The summed E-state index contributed by atoms with van der Waals surface area (Å²) in [7, 11) is 0. The molecule has 0 radical (unpaired) electrons. The molecule has 0 spiro atoms. The van der Waals surface area contributed by atoms with Gasteiger partial charge < -0.3 is 14.5 Å². The van der Waals surface area contributed by atoms with Crippen molar-refractivity contribution in [3.8, 4) is 5.75 Å². The van der Waals surface area contributed by atoms with Crippen molar-refractivity contribution in [2.45, 2.75) is 39.0 Å². The van der Waals surface area contributed by atoms with E-state index in [1.54, 1.807) is 18.5 Å². The van der Waals surface area contributed by atoms with E-state index < -0.39 is 0 Å². The molecule has 2 aromatic heterocycles. The van der Waals surface area contributed by atoms with E-state index >= 15 is 0 Å². The maximum absolute atomic E-state index is 5.86. The minimum Gasteiger partial charge on any atom is -0.484 e. The first-order valence-electron chi connectivity index (χ1n) is 6.75. The van der Waals surface area contributed by atoms with Crippen LogP contribution >= 0.6 is 11.6 Å². The first kappa shape index (κ1) is 13.5. The Kier molecular flexibility index (Phi) is 3.94. The third-order valence-corrected chi connectivity index (χ3v) is 3.50. The molecule has 4 nitrogen and oxygen atoms in total. The zero-order chi connectivity index (χ0) is 13.9. The van der Waals surface area contributed by atoms with Crippen molar-refractivity contribution >= 4 is 11.6 Å². The van der Waals surface area contributed by atoms with Crippen LogP contribution < -0.4 is 10.1 Å². The monoisotopic (exact) mass is 292 g/mol. The summed E-state index contributed by atoms with van der Waals surface area (Å²) in [5.41, 5.74) is 1.19.